The molecule has 25 heavy (non-hydrogen) atoms. The van der Waals surface area contributed by atoms with Crippen LogP contribution in [0.5, 0.6) is 0 Å². The zero-order valence-electron chi connectivity index (χ0n) is 14.7. The molecule has 0 fully saturated rings. The number of ether oxygens (including phenoxy) is 1. The number of hydrogen-bond donors (Lipinski definition) is 3. The lowest BCUT2D eigenvalue weighted by Gasteiger charge is -2.22. The van der Waals surface area contributed by atoms with Crippen molar-refractivity contribution in [2.75, 3.05) is 0 Å². The molecule has 0 aliphatic carbocycles. The Balaban J connectivity index is 2.69. The number of nitrogens with one attached hydrogen (secondary N) is 2. The molecule has 0 bridgehead atoms. The number of rotatable bonds is 6. The second-order valence-electron chi connectivity index (χ2n) is 6.41. The van der Waals surface area contributed by atoms with E-state index >= 15 is 0 Å². The van der Waals surface area contributed by atoms with Crippen LogP contribution in [0.2, 0.25) is 0 Å². The summed E-state index contributed by atoms with van der Waals surface area (Å²) in [6.07, 6.45) is 0.801. The standard InChI is InChI=1S/C17H23N3O5/c1-11(21)20-18-10-13-7-5-12(6-8-13)9-14(15(22)23)19-16(24)25-17(2,3)4/h5-8,10,14H,9H2,1-4H3,(H,19,24)(H,20,21)(H,22,23). The highest BCUT2D eigenvalue weighted by molar-refractivity contribution is 5.82. The van der Waals surface area contributed by atoms with Crippen LogP contribution in [0, 0.1) is 0 Å². The van der Waals surface area contributed by atoms with Crippen LogP contribution in [0.15, 0.2) is 29.4 Å². The first kappa shape index (κ1) is 20.1. The predicted octanol–water partition coefficient (Wildman–Crippen LogP) is 1.68. The van der Waals surface area contributed by atoms with E-state index in [1.807, 2.05) is 0 Å². The van der Waals surface area contributed by atoms with Gasteiger partial charge >= 0.3 is 12.1 Å². The molecule has 2 amide bonds. The van der Waals surface area contributed by atoms with Crippen molar-refractivity contribution in [3.05, 3.63) is 35.4 Å². The molecule has 0 aromatic heterocycles. The van der Waals surface area contributed by atoms with Gasteiger partial charge in [-0.1, -0.05) is 24.3 Å². The van der Waals surface area contributed by atoms with Crippen LogP contribution in [-0.2, 0) is 20.7 Å². The lowest BCUT2D eigenvalue weighted by Crippen LogP contribution is -2.44. The van der Waals surface area contributed by atoms with Crippen molar-refractivity contribution in [3.8, 4) is 0 Å². The first-order valence-electron chi connectivity index (χ1n) is 7.68. The number of carboxylic acid groups (broad SMARTS) is 1. The van der Waals surface area contributed by atoms with E-state index in [2.05, 4.69) is 15.8 Å². The van der Waals surface area contributed by atoms with Gasteiger partial charge in [-0.05, 0) is 31.9 Å². The molecule has 0 radical (unpaired) electrons. The molecule has 8 nitrogen and oxygen atoms in total. The molecule has 3 N–H and O–H groups in total. The maximum atomic E-state index is 11.7. The number of benzene rings is 1. The molecule has 1 atom stereocenters. The number of aliphatic carboxylic acids is 1. The van der Waals surface area contributed by atoms with E-state index in [0.29, 0.717) is 0 Å². The maximum absolute atomic E-state index is 11.7. The molecule has 0 saturated carbocycles. The van der Waals surface area contributed by atoms with Crippen LogP contribution < -0.4 is 10.7 Å². The summed E-state index contributed by atoms with van der Waals surface area (Å²) in [5.41, 5.74) is 3.04. The molecule has 0 aliphatic rings. The molecule has 8 heteroatoms. The first-order valence-corrected chi connectivity index (χ1v) is 7.68. The maximum Gasteiger partial charge on any atom is 0.408 e. The zero-order chi connectivity index (χ0) is 19.0. The molecule has 0 saturated heterocycles. The number of nitrogens with zero attached hydrogens (tertiary/aromatic N) is 1. The predicted molar refractivity (Wildman–Crippen MR) is 92.4 cm³/mol. The van der Waals surface area contributed by atoms with Crippen LogP contribution in [0.25, 0.3) is 0 Å². The van der Waals surface area contributed by atoms with E-state index in [4.69, 9.17) is 4.74 Å². The summed E-state index contributed by atoms with van der Waals surface area (Å²) in [4.78, 5) is 33.8. The number of alkyl carbamates (subject to hydrolysis) is 1. The molecule has 0 aliphatic heterocycles. The number of carbonyl (C=O) groups excluding carboxylic acids is 2. The monoisotopic (exact) mass is 349 g/mol. The number of hydrazone groups is 1. The topological polar surface area (TPSA) is 117 Å². The van der Waals surface area contributed by atoms with Gasteiger partial charge in [-0.2, -0.15) is 5.10 Å². The molecule has 1 aromatic carbocycles. The van der Waals surface area contributed by atoms with Gasteiger partial charge in [0.15, 0.2) is 0 Å². The molecular weight excluding hydrogens is 326 g/mol. The van der Waals surface area contributed by atoms with E-state index in [0.717, 1.165) is 11.1 Å². The van der Waals surface area contributed by atoms with Gasteiger partial charge in [0.1, 0.15) is 11.6 Å². The van der Waals surface area contributed by atoms with Crippen molar-refractivity contribution in [2.24, 2.45) is 5.10 Å². The van der Waals surface area contributed by atoms with Crippen molar-refractivity contribution in [3.63, 3.8) is 0 Å². The molecule has 1 rings (SSSR count). The SMILES string of the molecule is CC(=O)NN=Cc1ccc(CC(NC(=O)OC(C)(C)C)C(=O)O)cc1. The number of carboxylic acids is 1. The van der Waals surface area contributed by atoms with Gasteiger partial charge in [0.2, 0.25) is 5.91 Å². The van der Waals surface area contributed by atoms with Gasteiger partial charge in [-0.15, -0.1) is 0 Å². The summed E-state index contributed by atoms with van der Waals surface area (Å²) >= 11 is 0. The largest absolute Gasteiger partial charge is 0.480 e. The number of carbonyl (C=O) groups is 3. The van der Waals surface area contributed by atoms with Crippen molar-refractivity contribution < 1.29 is 24.2 Å². The quantitative estimate of drug-likeness (QED) is 0.533. The summed E-state index contributed by atoms with van der Waals surface area (Å²) in [6, 6.07) is 5.80. The van der Waals surface area contributed by atoms with Crippen LogP contribution in [0.1, 0.15) is 38.8 Å². The third-order valence-electron chi connectivity index (χ3n) is 2.84. The van der Waals surface area contributed by atoms with Crippen molar-refractivity contribution in [1.29, 1.82) is 0 Å². The Morgan fingerprint density at radius 3 is 2.32 bits per heavy atom. The van der Waals surface area contributed by atoms with E-state index < -0.39 is 23.7 Å². The van der Waals surface area contributed by atoms with Gasteiger partial charge in [-0.25, -0.2) is 15.0 Å². The van der Waals surface area contributed by atoms with Gasteiger partial charge in [-0.3, -0.25) is 4.79 Å². The normalized spacial score (nSPS) is 12.5. The van der Waals surface area contributed by atoms with Crippen LogP contribution >= 0.6 is 0 Å². The van der Waals surface area contributed by atoms with Gasteiger partial charge in [0, 0.05) is 13.3 Å². The van der Waals surface area contributed by atoms with Crippen LogP contribution in [0.3, 0.4) is 0 Å². The van der Waals surface area contributed by atoms with E-state index in [9.17, 15) is 19.5 Å². The van der Waals surface area contributed by atoms with E-state index in [1.165, 1.54) is 13.1 Å². The molecule has 0 spiro atoms. The zero-order valence-corrected chi connectivity index (χ0v) is 14.7. The molecule has 0 heterocycles. The van der Waals surface area contributed by atoms with Crippen molar-refractivity contribution >= 4 is 24.2 Å². The molecular formula is C17H23N3O5. The van der Waals surface area contributed by atoms with Gasteiger partial charge < -0.3 is 15.2 Å². The fourth-order valence-electron chi connectivity index (χ4n) is 1.82. The highest BCUT2D eigenvalue weighted by Gasteiger charge is 2.24. The summed E-state index contributed by atoms with van der Waals surface area (Å²) in [6.45, 7) is 6.45. The van der Waals surface area contributed by atoms with E-state index in [-0.39, 0.29) is 12.3 Å². The summed E-state index contributed by atoms with van der Waals surface area (Å²) in [5, 5.41) is 15.4. The van der Waals surface area contributed by atoms with Gasteiger partial charge in [0.05, 0.1) is 6.21 Å². The summed E-state index contributed by atoms with van der Waals surface area (Å²) in [5.74, 6) is -1.42. The van der Waals surface area contributed by atoms with Crippen LogP contribution in [0.4, 0.5) is 4.79 Å². The molecule has 1 unspecified atom stereocenters. The average molecular weight is 349 g/mol. The van der Waals surface area contributed by atoms with Crippen molar-refractivity contribution in [2.45, 2.75) is 45.8 Å². The third kappa shape index (κ3) is 8.50. The Labute approximate surface area is 146 Å². The Hall–Kier alpha value is -2.90. The van der Waals surface area contributed by atoms with E-state index in [1.54, 1.807) is 45.0 Å². The lowest BCUT2D eigenvalue weighted by atomic mass is 10.0. The number of amides is 2. The minimum absolute atomic E-state index is 0.109. The Morgan fingerprint density at radius 1 is 1.24 bits per heavy atom. The summed E-state index contributed by atoms with van der Waals surface area (Å²) < 4.78 is 5.07. The van der Waals surface area contributed by atoms with Crippen LogP contribution in [-0.4, -0.2) is 40.9 Å². The fourth-order valence-corrected chi connectivity index (χ4v) is 1.82. The Bertz CT molecular complexity index is 647. The molecule has 1 aromatic rings. The Kier molecular flexibility index (Phi) is 7.10. The first-order chi connectivity index (χ1) is 11.6. The lowest BCUT2D eigenvalue weighted by molar-refractivity contribution is -0.139. The Morgan fingerprint density at radius 2 is 1.84 bits per heavy atom. The second-order valence-corrected chi connectivity index (χ2v) is 6.41. The van der Waals surface area contributed by atoms with Crippen molar-refractivity contribution in [1.82, 2.24) is 10.7 Å². The molecule has 136 valence electrons. The number of hydrogen-bond acceptors (Lipinski definition) is 5. The second kappa shape index (κ2) is 8.81. The summed E-state index contributed by atoms with van der Waals surface area (Å²) in [7, 11) is 0. The smallest absolute Gasteiger partial charge is 0.408 e. The minimum atomic E-state index is -1.15. The average Bonchev–Trinajstić information content (AvgIpc) is 2.46. The highest BCUT2D eigenvalue weighted by Crippen LogP contribution is 2.09. The fraction of sp³-hybridized carbons (Fsp3) is 0.412. The minimum Gasteiger partial charge on any atom is -0.480 e. The van der Waals surface area contributed by atoms with Gasteiger partial charge in [0.25, 0.3) is 0 Å². The highest BCUT2D eigenvalue weighted by atomic mass is 16.6. The third-order valence-corrected chi connectivity index (χ3v) is 2.84.